The summed E-state index contributed by atoms with van der Waals surface area (Å²) in [7, 11) is 1.59. The third-order valence-corrected chi connectivity index (χ3v) is 2.90. The number of pyridine rings is 1. The third kappa shape index (κ3) is 2.86. The topological polar surface area (TPSA) is 91.3 Å². The molecule has 6 nitrogen and oxygen atoms in total. The minimum Gasteiger partial charge on any atom is -0.383 e. The van der Waals surface area contributed by atoms with Crippen molar-refractivity contribution < 1.29 is 9.66 Å². The molecule has 2 rings (SSSR count). The molecular formula is C13H15N3O3. The first-order valence-corrected chi connectivity index (χ1v) is 5.89. The Morgan fingerprint density at radius 3 is 2.95 bits per heavy atom. The van der Waals surface area contributed by atoms with Crippen LogP contribution in [-0.4, -0.2) is 29.7 Å². The van der Waals surface area contributed by atoms with Gasteiger partial charge in [0.05, 0.1) is 11.5 Å². The Kier molecular flexibility index (Phi) is 4.03. The number of fused-ring (bicyclic) bond motifs is 1. The lowest BCUT2D eigenvalue weighted by molar-refractivity contribution is -0.383. The number of methoxy groups -OCH3 is 1. The Balaban J connectivity index is 2.46. The van der Waals surface area contributed by atoms with Crippen molar-refractivity contribution >= 4 is 16.6 Å². The Hall–Kier alpha value is -2.05. The van der Waals surface area contributed by atoms with Crippen molar-refractivity contribution in [2.45, 2.75) is 12.5 Å². The van der Waals surface area contributed by atoms with Crippen LogP contribution in [0.25, 0.3) is 10.9 Å². The smallest absolute Gasteiger partial charge is 0.295 e. The number of nitrogens with zero attached hydrogens (tertiary/aromatic N) is 2. The van der Waals surface area contributed by atoms with Crippen molar-refractivity contribution in [3.05, 3.63) is 46.1 Å². The molecule has 6 heteroatoms. The zero-order valence-electron chi connectivity index (χ0n) is 10.6. The van der Waals surface area contributed by atoms with E-state index in [-0.39, 0.29) is 11.7 Å². The summed E-state index contributed by atoms with van der Waals surface area (Å²) in [6, 6.07) is 6.65. The Morgan fingerprint density at radius 1 is 1.47 bits per heavy atom. The highest BCUT2D eigenvalue weighted by molar-refractivity contribution is 5.89. The Morgan fingerprint density at radius 2 is 2.26 bits per heavy atom. The van der Waals surface area contributed by atoms with Gasteiger partial charge in [-0.3, -0.25) is 10.1 Å². The highest BCUT2D eigenvalue weighted by Crippen LogP contribution is 2.26. The van der Waals surface area contributed by atoms with Crippen LogP contribution in [0, 0.1) is 10.1 Å². The molecule has 0 saturated carbocycles. The van der Waals surface area contributed by atoms with E-state index in [1.807, 2.05) is 6.07 Å². The number of nitro benzene ring substituents is 1. The van der Waals surface area contributed by atoms with E-state index in [0.717, 1.165) is 10.9 Å². The molecule has 0 fully saturated rings. The summed E-state index contributed by atoms with van der Waals surface area (Å²) < 4.78 is 5.00. The van der Waals surface area contributed by atoms with E-state index in [1.165, 1.54) is 6.07 Å². The summed E-state index contributed by atoms with van der Waals surface area (Å²) in [6.45, 7) is 0.443. The third-order valence-electron chi connectivity index (χ3n) is 2.90. The van der Waals surface area contributed by atoms with Crippen LogP contribution in [-0.2, 0) is 11.2 Å². The predicted octanol–water partition coefficient (Wildman–Crippen LogP) is 1.66. The number of ether oxygens (including phenoxy) is 1. The predicted molar refractivity (Wildman–Crippen MR) is 72.0 cm³/mol. The maximum Gasteiger partial charge on any atom is 0.295 e. The molecule has 2 N–H and O–H groups in total. The zero-order valence-corrected chi connectivity index (χ0v) is 10.6. The number of non-ortho nitro benzene ring substituents is 1. The number of nitrogens with two attached hydrogens (primary N) is 1. The molecular weight excluding hydrogens is 246 g/mol. The van der Waals surface area contributed by atoms with E-state index in [2.05, 4.69) is 4.98 Å². The fourth-order valence-electron chi connectivity index (χ4n) is 2.10. The van der Waals surface area contributed by atoms with Crippen LogP contribution in [0.15, 0.2) is 30.5 Å². The second-order valence-corrected chi connectivity index (χ2v) is 4.32. The normalized spacial score (nSPS) is 12.5. The zero-order chi connectivity index (χ0) is 13.8. The number of rotatable bonds is 5. The van der Waals surface area contributed by atoms with Crippen LogP contribution in [0.2, 0.25) is 0 Å². The molecule has 1 atom stereocenters. The summed E-state index contributed by atoms with van der Waals surface area (Å²) in [6.07, 6.45) is 2.14. The lowest BCUT2D eigenvalue weighted by atomic mass is 10.0. The van der Waals surface area contributed by atoms with Crippen molar-refractivity contribution in [1.82, 2.24) is 4.98 Å². The van der Waals surface area contributed by atoms with E-state index in [1.54, 1.807) is 25.4 Å². The van der Waals surface area contributed by atoms with Crippen LogP contribution in [0.4, 0.5) is 5.69 Å². The number of hydrogen-bond acceptors (Lipinski definition) is 5. The SMILES string of the molecule is COCC(N)Cc1ccc([N+](=O)[O-])c2ncccc12. The van der Waals surface area contributed by atoms with Gasteiger partial charge in [-0.25, -0.2) is 4.98 Å². The molecule has 1 aromatic heterocycles. The van der Waals surface area contributed by atoms with Gasteiger partial charge in [-0.1, -0.05) is 12.1 Å². The molecule has 1 aromatic carbocycles. The summed E-state index contributed by atoms with van der Waals surface area (Å²) in [5.41, 5.74) is 7.28. The molecule has 2 aromatic rings. The molecule has 100 valence electrons. The van der Waals surface area contributed by atoms with Crippen molar-refractivity contribution in [3.8, 4) is 0 Å². The van der Waals surface area contributed by atoms with Gasteiger partial charge in [0.25, 0.3) is 5.69 Å². The van der Waals surface area contributed by atoms with Crippen molar-refractivity contribution in [2.24, 2.45) is 5.73 Å². The van der Waals surface area contributed by atoms with Crippen molar-refractivity contribution in [2.75, 3.05) is 13.7 Å². The maximum absolute atomic E-state index is 11.0. The second-order valence-electron chi connectivity index (χ2n) is 4.32. The minimum absolute atomic E-state index is 0.0136. The van der Waals surface area contributed by atoms with Gasteiger partial charge in [0.15, 0.2) is 0 Å². The molecule has 0 spiro atoms. The van der Waals surface area contributed by atoms with Gasteiger partial charge >= 0.3 is 0 Å². The molecule has 0 radical (unpaired) electrons. The number of hydrogen-bond donors (Lipinski definition) is 1. The van der Waals surface area contributed by atoms with Gasteiger partial charge in [0.2, 0.25) is 0 Å². The Labute approximate surface area is 110 Å². The van der Waals surface area contributed by atoms with Crippen LogP contribution >= 0.6 is 0 Å². The van der Waals surface area contributed by atoms with Gasteiger partial charge < -0.3 is 10.5 Å². The second kappa shape index (κ2) is 5.73. The monoisotopic (exact) mass is 261 g/mol. The standard InChI is InChI=1S/C13H15N3O3/c1-19-8-10(14)7-9-4-5-12(16(17)18)13-11(9)3-2-6-15-13/h2-6,10H,7-8,14H2,1H3. The molecule has 0 aliphatic rings. The van der Waals surface area contributed by atoms with Crippen LogP contribution in [0.1, 0.15) is 5.56 Å². The van der Waals surface area contributed by atoms with E-state index >= 15 is 0 Å². The molecule has 19 heavy (non-hydrogen) atoms. The van der Waals surface area contributed by atoms with Gasteiger partial charge in [0, 0.05) is 30.8 Å². The number of aromatic nitrogens is 1. The number of nitro groups is 1. The summed E-state index contributed by atoms with van der Waals surface area (Å²) in [5, 5.41) is 11.7. The van der Waals surface area contributed by atoms with E-state index in [9.17, 15) is 10.1 Å². The highest BCUT2D eigenvalue weighted by Gasteiger charge is 2.16. The molecule has 0 saturated heterocycles. The number of benzene rings is 1. The highest BCUT2D eigenvalue weighted by atomic mass is 16.6. The first kappa shape index (κ1) is 13.4. The van der Waals surface area contributed by atoms with E-state index in [4.69, 9.17) is 10.5 Å². The van der Waals surface area contributed by atoms with Gasteiger partial charge in [-0.05, 0) is 18.1 Å². The molecule has 0 bridgehead atoms. The van der Waals surface area contributed by atoms with Gasteiger partial charge in [-0.2, -0.15) is 0 Å². The van der Waals surface area contributed by atoms with E-state index < -0.39 is 4.92 Å². The van der Waals surface area contributed by atoms with Crippen molar-refractivity contribution in [3.63, 3.8) is 0 Å². The van der Waals surface area contributed by atoms with Crippen LogP contribution in [0.3, 0.4) is 0 Å². The fraction of sp³-hybridized carbons (Fsp3) is 0.308. The summed E-state index contributed by atoms with van der Waals surface area (Å²) in [5.74, 6) is 0. The average molecular weight is 261 g/mol. The van der Waals surface area contributed by atoms with Crippen LogP contribution in [0.5, 0.6) is 0 Å². The molecule has 0 aliphatic carbocycles. The van der Waals surface area contributed by atoms with Crippen LogP contribution < -0.4 is 5.73 Å². The quantitative estimate of drug-likeness (QED) is 0.652. The maximum atomic E-state index is 11.0. The first-order valence-electron chi connectivity index (χ1n) is 5.89. The molecule has 1 unspecified atom stereocenters. The average Bonchev–Trinajstić information content (AvgIpc) is 2.39. The minimum atomic E-state index is -0.422. The summed E-state index contributed by atoms with van der Waals surface area (Å²) >= 11 is 0. The molecule has 0 aliphatic heterocycles. The first-order chi connectivity index (χ1) is 9.13. The largest absolute Gasteiger partial charge is 0.383 e. The van der Waals surface area contributed by atoms with Crippen molar-refractivity contribution in [1.29, 1.82) is 0 Å². The van der Waals surface area contributed by atoms with Gasteiger partial charge in [-0.15, -0.1) is 0 Å². The summed E-state index contributed by atoms with van der Waals surface area (Å²) in [4.78, 5) is 14.7. The lowest BCUT2D eigenvalue weighted by Gasteiger charge is -2.12. The molecule has 0 amide bonds. The lowest BCUT2D eigenvalue weighted by Crippen LogP contribution is -2.28. The fourth-order valence-corrected chi connectivity index (χ4v) is 2.10. The molecule has 1 heterocycles. The van der Waals surface area contributed by atoms with E-state index in [0.29, 0.717) is 18.5 Å². The van der Waals surface area contributed by atoms with Gasteiger partial charge in [0.1, 0.15) is 5.52 Å². The Bertz CT molecular complexity index is 601.